The molecule has 2 aliphatic heterocycles. The molecule has 0 radical (unpaired) electrons. The highest BCUT2D eigenvalue weighted by atomic mass is 16.2. The van der Waals surface area contributed by atoms with Gasteiger partial charge in [0.15, 0.2) is 0 Å². The lowest BCUT2D eigenvalue weighted by molar-refractivity contribution is -0.132. The molecule has 2 aromatic carbocycles. The summed E-state index contributed by atoms with van der Waals surface area (Å²) in [6.45, 7) is 7.01. The molecule has 6 heteroatoms. The molecule has 6 nitrogen and oxygen atoms in total. The van der Waals surface area contributed by atoms with Gasteiger partial charge in [0.1, 0.15) is 5.82 Å². The minimum atomic E-state index is -0.283. The topological polar surface area (TPSA) is 52.6 Å². The van der Waals surface area contributed by atoms with Crippen molar-refractivity contribution in [2.75, 3.05) is 49.1 Å². The summed E-state index contributed by atoms with van der Waals surface area (Å²) in [5, 5.41) is 0. The smallest absolute Gasteiger partial charge is 0.234 e. The Hall–Kier alpha value is -3.41. The molecule has 3 heterocycles. The molecule has 0 bridgehead atoms. The van der Waals surface area contributed by atoms with E-state index in [1.54, 1.807) is 0 Å². The molecule has 2 fully saturated rings. The number of piperazine rings is 1. The van der Waals surface area contributed by atoms with Crippen molar-refractivity contribution in [1.29, 1.82) is 0 Å². The Morgan fingerprint density at radius 3 is 1.91 bits per heavy atom. The standard InChI is InChI=1S/C28H33N5O/c1-22-21-25(31-15-9-4-10-16-31)30-28(29-22)33-19-17-32(18-20-33)27(34)26(23-11-5-2-6-12-23)24-13-7-3-8-14-24/h2-3,5-8,11-14,21,26H,4,9-10,15-20H2,1H3. The molecule has 1 aromatic heterocycles. The Labute approximate surface area is 202 Å². The third-order valence-corrected chi connectivity index (χ3v) is 6.90. The fourth-order valence-electron chi connectivity index (χ4n) is 5.04. The normalized spacial score (nSPS) is 16.7. The molecule has 2 saturated heterocycles. The van der Waals surface area contributed by atoms with Gasteiger partial charge < -0.3 is 14.7 Å². The zero-order valence-corrected chi connectivity index (χ0v) is 19.9. The minimum Gasteiger partial charge on any atom is -0.356 e. The van der Waals surface area contributed by atoms with Crippen LogP contribution < -0.4 is 9.80 Å². The highest BCUT2D eigenvalue weighted by Gasteiger charge is 2.30. The molecular weight excluding hydrogens is 422 g/mol. The number of hydrogen-bond acceptors (Lipinski definition) is 5. The van der Waals surface area contributed by atoms with Gasteiger partial charge in [-0.15, -0.1) is 0 Å². The van der Waals surface area contributed by atoms with Crippen molar-refractivity contribution in [3.63, 3.8) is 0 Å². The van der Waals surface area contributed by atoms with Crippen molar-refractivity contribution in [3.05, 3.63) is 83.6 Å². The van der Waals surface area contributed by atoms with Crippen LogP contribution in [0, 0.1) is 6.92 Å². The molecule has 5 rings (SSSR count). The largest absolute Gasteiger partial charge is 0.356 e. The number of anilines is 2. The van der Waals surface area contributed by atoms with Crippen LogP contribution in [-0.2, 0) is 4.79 Å². The summed E-state index contributed by atoms with van der Waals surface area (Å²) in [6.07, 6.45) is 3.75. The number of benzene rings is 2. The monoisotopic (exact) mass is 455 g/mol. The van der Waals surface area contributed by atoms with Crippen molar-refractivity contribution >= 4 is 17.7 Å². The quantitative estimate of drug-likeness (QED) is 0.576. The Morgan fingerprint density at radius 1 is 0.735 bits per heavy atom. The number of piperidine rings is 1. The first-order valence-corrected chi connectivity index (χ1v) is 12.4. The maximum Gasteiger partial charge on any atom is 0.234 e. The molecule has 2 aliphatic rings. The first-order valence-electron chi connectivity index (χ1n) is 12.4. The molecule has 0 saturated carbocycles. The average molecular weight is 456 g/mol. The number of hydrogen-bond donors (Lipinski definition) is 0. The molecule has 0 unspecified atom stereocenters. The number of carbonyl (C=O) groups is 1. The lowest BCUT2D eigenvalue weighted by atomic mass is 9.90. The SMILES string of the molecule is Cc1cc(N2CCCCC2)nc(N2CCN(C(=O)C(c3ccccc3)c3ccccc3)CC2)n1. The van der Waals surface area contributed by atoms with Crippen LogP contribution in [0.4, 0.5) is 11.8 Å². The second-order valence-electron chi connectivity index (χ2n) is 9.28. The van der Waals surface area contributed by atoms with E-state index in [-0.39, 0.29) is 11.8 Å². The van der Waals surface area contributed by atoms with Gasteiger partial charge in [-0.3, -0.25) is 4.79 Å². The average Bonchev–Trinajstić information content (AvgIpc) is 2.90. The summed E-state index contributed by atoms with van der Waals surface area (Å²) in [5.74, 6) is 1.70. The highest BCUT2D eigenvalue weighted by molar-refractivity contribution is 5.87. The third-order valence-electron chi connectivity index (χ3n) is 6.90. The van der Waals surface area contributed by atoms with Crippen molar-refractivity contribution in [1.82, 2.24) is 14.9 Å². The van der Waals surface area contributed by atoms with Gasteiger partial charge in [-0.05, 0) is 37.3 Å². The molecule has 34 heavy (non-hydrogen) atoms. The predicted molar refractivity (Wildman–Crippen MR) is 136 cm³/mol. The molecule has 176 valence electrons. The fourth-order valence-corrected chi connectivity index (χ4v) is 5.04. The molecular formula is C28H33N5O. The number of carbonyl (C=O) groups excluding carboxylic acids is 1. The van der Waals surface area contributed by atoms with E-state index >= 15 is 0 Å². The van der Waals surface area contributed by atoms with Crippen LogP contribution in [-0.4, -0.2) is 60.0 Å². The van der Waals surface area contributed by atoms with Gasteiger partial charge in [-0.2, -0.15) is 4.98 Å². The molecule has 0 aliphatic carbocycles. The van der Waals surface area contributed by atoms with Crippen molar-refractivity contribution in [2.45, 2.75) is 32.1 Å². The summed E-state index contributed by atoms with van der Waals surface area (Å²) in [6, 6.07) is 22.3. The van der Waals surface area contributed by atoms with E-state index in [4.69, 9.17) is 9.97 Å². The van der Waals surface area contributed by atoms with Gasteiger partial charge in [-0.25, -0.2) is 4.98 Å². The maximum atomic E-state index is 13.7. The number of nitrogens with zero attached hydrogens (tertiary/aromatic N) is 5. The van der Waals surface area contributed by atoms with E-state index in [1.807, 2.05) is 48.2 Å². The van der Waals surface area contributed by atoms with E-state index < -0.39 is 0 Å². The van der Waals surface area contributed by atoms with E-state index in [0.717, 1.165) is 54.8 Å². The Kier molecular flexibility index (Phi) is 6.74. The van der Waals surface area contributed by atoms with Crippen LogP contribution >= 0.6 is 0 Å². The van der Waals surface area contributed by atoms with Crippen LogP contribution in [0.25, 0.3) is 0 Å². The molecule has 0 N–H and O–H groups in total. The van der Waals surface area contributed by atoms with E-state index in [1.165, 1.54) is 19.3 Å². The predicted octanol–water partition coefficient (Wildman–Crippen LogP) is 4.26. The second kappa shape index (κ2) is 10.2. The van der Waals surface area contributed by atoms with E-state index in [0.29, 0.717) is 13.1 Å². The van der Waals surface area contributed by atoms with Crippen molar-refractivity contribution in [3.8, 4) is 0 Å². The van der Waals surface area contributed by atoms with Gasteiger partial charge in [0, 0.05) is 51.0 Å². The summed E-state index contributed by atoms with van der Waals surface area (Å²) in [4.78, 5) is 30.0. The Bertz CT molecular complexity index is 1050. The maximum absolute atomic E-state index is 13.7. The van der Waals surface area contributed by atoms with Crippen LogP contribution in [0.3, 0.4) is 0 Å². The number of aryl methyl sites for hydroxylation is 1. The van der Waals surface area contributed by atoms with Gasteiger partial charge in [0.2, 0.25) is 11.9 Å². The van der Waals surface area contributed by atoms with Gasteiger partial charge in [0.25, 0.3) is 0 Å². The highest BCUT2D eigenvalue weighted by Crippen LogP contribution is 2.28. The molecule has 0 atom stereocenters. The van der Waals surface area contributed by atoms with Crippen LogP contribution in [0.2, 0.25) is 0 Å². The zero-order chi connectivity index (χ0) is 23.3. The van der Waals surface area contributed by atoms with Crippen molar-refractivity contribution in [2.24, 2.45) is 0 Å². The minimum absolute atomic E-state index is 0.163. The first kappa shape index (κ1) is 22.4. The number of aromatic nitrogens is 2. The summed E-state index contributed by atoms with van der Waals surface area (Å²) in [5.41, 5.74) is 3.07. The Morgan fingerprint density at radius 2 is 1.32 bits per heavy atom. The first-order chi connectivity index (χ1) is 16.7. The molecule has 0 spiro atoms. The molecule has 3 aromatic rings. The third kappa shape index (κ3) is 4.91. The number of rotatable bonds is 5. The van der Waals surface area contributed by atoms with Crippen LogP contribution in [0.5, 0.6) is 0 Å². The van der Waals surface area contributed by atoms with Gasteiger partial charge in [-0.1, -0.05) is 60.7 Å². The van der Waals surface area contributed by atoms with Gasteiger partial charge in [0.05, 0.1) is 5.92 Å². The van der Waals surface area contributed by atoms with E-state index in [9.17, 15) is 4.79 Å². The summed E-state index contributed by atoms with van der Waals surface area (Å²) < 4.78 is 0. The van der Waals surface area contributed by atoms with Crippen LogP contribution in [0.1, 0.15) is 42.0 Å². The lowest BCUT2D eigenvalue weighted by Gasteiger charge is -2.37. The molecule has 1 amide bonds. The Balaban J connectivity index is 1.31. The fraction of sp³-hybridized carbons (Fsp3) is 0.393. The summed E-state index contributed by atoms with van der Waals surface area (Å²) >= 11 is 0. The van der Waals surface area contributed by atoms with Crippen LogP contribution in [0.15, 0.2) is 66.7 Å². The second-order valence-corrected chi connectivity index (χ2v) is 9.28. The zero-order valence-electron chi connectivity index (χ0n) is 19.9. The van der Waals surface area contributed by atoms with Gasteiger partial charge >= 0.3 is 0 Å². The lowest BCUT2D eigenvalue weighted by Crippen LogP contribution is -2.50. The summed E-state index contributed by atoms with van der Waals surface area (Å²) in [7, 11) is 0. The van der Waals surface area contributed by atoms with Crippen molar-refractivity contribution < 1.29 is 4.79 Å². The van der Waals surface area contributed by atoms with E-state index in [2.05, 4.69) is 40.1 Å². The number of amides is 1.